The number of rotatable bonds is 4. The number of anilines is 1. The highest BCUT2D eigenvalue weighted by molar-refractivity contribution is 6.28. The Balaban J connectivity index is 1.77. The van der Waals surface area contributed by atoms with Crippen molar-refractivity contribution in [3.05, 3.63) is 29.5 Å². The maximum Gasteiger partial charge on any atom is 0.239 e. The topological polar surface area (TPSA) is 66.9 Å². The van der Waals surface area contributed by atoms with Crippen LogP contribution in [0.5, 0.6) is 0 Å². The van der Waals surface area contributed by atoms with Gasteiger partial charge in [0.2, 0.25) is 11.2 Å². The molecule has 1 saturated carbocycles. The van der Waals surface area contributed by atoms with Crippen LogP contribution in [0.1, 0.15) is 12.8 Å². The van der Waals surface area contributed by atoms with E-state index in [0.29, 0.717) is 11.9 Å². The number of hydrogen-bond donors (Lipinski definition) is 2. The van der Waals surface area contributed by atoms with Crippen LogP contribution in [-0.2, 0) is 4.79 Å². The van der Waals surface area contributed by atoms with Gasteiger partial charge in [-0.2, -0.15) is 0 Å². The van der Waals surface area contributed by atoms with Gasteiger partial charge in [-0.15, -0.1) is 0 Å². The molecule has 19 heavy (non-hydrogen) atoms. The molecule has 0 saturated heterocycles. The van der Waals surface area contributed by atoms with Crippen molar-refractivity contribution in [2.75, 3.05) is 11.9 Å². The average molecular weight is 277 g/mol. The minimum atomic E-state index is -0.0266. The van der Waals surface area contributed by atoms with Gasteiger partial charge in [0.05, 0.1) is 12.1 Å². The molecule has 3 rings (SSSR count). The molecular weight excluding hydrogens is 264 g/mol. The second-order valence-electron chi connectivity index (χ2n) is 4.55. The van der Waals surface area contributed by atoms with Crippen molar-refractivity contribution >= 4 is 34.2 Å². The van der Waals surface area contributed by atoms with Crippen LogP contribution in [0.15, 0.2) is 24.3 Å². The van der Waals surface area contributed by atoms with Gasteiger partial charge in [-0.3, -0.25) is 4.79 Å². The quantitative estimate of drug-likeness (QED) is 0.838. The van der Waals surface area contributed by atoms with E-state index < -0.39 is 0 Å². The second-order valence-corrected chi connectivity index (χ2v) is 4.89. The van der Waals surface area contributed by atoms with Crippen molar-refractivity contribution < 1.29 is 4.79 Å². The minimum absolute atomic E-state index is 0.0266. The summed E-state index contributed by atoms with van der Waals surface area (Å²) >= 11 is 5.87. The number of aromatic nitrogens is 2. The van der Waals surface area contributed by atoms with E-state index in [0.717, 1.165) is 23.7 Å². The van der Waals surface area contributed by atoms with Crippen molar-refractivity contribution in [1.82, 2.24) is 15.3 Å². The summed E-state index contributed by atoms with van der Waals surface area (Å²) in [6.45, 7) is 0.188. The lowest BCUT2D eigenvalue weighted by molar-refractivity contribution is -0.119. The second kappa shape index (κ2) is 5.01. The first kappa shape index (κ1) is 12.2. The lowest BCUT2D eigenvalue weighted by Gasteiger charge is -2.09. The molecule has 98 valence electrons. The number of nitrogens with zero attached hydrogens (tertiary/aromatic N) is 2. The van der Waals surface area contributed by atoms with Crippen LogP contribution in [0.25, 0.3) is 10.9 Å². The SMILES string of the molecule is O=C(CNc1nc(Cl)nc2ccccc12)NC1CC1. The Labute approximate surface area is 115 Å². The van der Waals surface area contributed by atoms with Crippen molar-refractivity contribution in [2.24, 2.45) is 0 Å². The van der Waals surface area contributed by atoms with E-state index in [1.807, 2.05) is 24.3 Å². The van der Waals surface area contributed by atoms with E-state index >= 15 is 0 Å². The maximum atomic E-state index is 11.6. The van der Waals surface area contributed by atoms with Gasteiger partial charge in [0.25, 0.3) is 0 Å². The predicted octanol–water partition coefficient (Wildman–Crippen LogP) is 1.97. The lowest BCUT2D eigenvalue weighted by Crippen LogP contribution is -2.31. The third kappa shape index (κ3) is 2.93. The first-order valence-corrected chi connectivity index (χ1v) is 6.56. The maximum absolute atomic E-state index is 11.6. The fourth-order valence-corrected chi connectivity index (χ4v) is 2.03. The highest BCUT2D eigenvalue weighted by Crippen LogP contribution is 2.22. The Hall–Kier alpha value is -1.88. The van der Waals surface area contributed by atoms with Crippen LogP contribution in [0, 0.1) is 0 Å². The molecule has 1 aromatic heterocycles. The Morgan fingerprint density at radius 1 is 1.32 bits per heavy atom. The van der Waals surface area contributed by atoms with E-state index in [9.17, 15) is 4.79 Å². The molecule has 1 amide bonds. The summed E-state index contributed by atoms with van der Waals surface area (Å²) < 4.78 is 0. The molecule has 0 unspecified atom stereocenters. The third-order valence-corrected chi connectivity index (χ3v) is 3.10. The molecule has 5 nitrogen and oxygen atoms in total. The standard InChI is InChI=1S/C13H13ClN4O/c14-13-17-10-4-2-1-3-9(10)12(18-13)15-7-11(19)16-8-5-6-8/h1-4,8H,5-7H2,(H,16,19)(H,15,17,18). The molecule has 2 aromatic rings. The highest BCUT2D eigenvalue weighted by Gasteiger charge is 2.23. The van der Waals surface area contributed by atoms with Gasteiger partial charge in [-0.25, -0.2) is 9.97 Å². The number of carbonyl (C=O) groups excluding carboxylic acids is 1. The van der Waals surface area contributed by atoms with E-state index in [2.05, 4.69) is 20.6 Å². The molecule has 1 heterocycles. The molecule has 1 aliphatic carbocycles. The number of carbonyl (C=O) groups is 1. The van der Waals surface area contributed by atoms with Crippen molar-refractivity contribution in [1.29, 1.82) is 0 Å². The highest BCUT2D eigenvalue weighted by atomic mass is 35.5. The summed E-state index contributed by atoms with van der Waals surface area (Å²) in [4.78, 5) is 19.9. The zero-order chi connectivity index (χ0) is 13.2. The molecule has 0 bridgehead atoms. The molecule has 1 aromatic carbocycles. The average Bonchev–Trinajstić information content (AvgIpc) is 3.19. The number of amides is 1. The fraction of sp³-hybridized carbons (Fsp3) is 0.308. The first-order valence-electron chi connectivity index (χ1n) is 6.18. The molecule has 1 aliphatic rings. The summed E-state index contributed by atoms with van der Waals surface area (Å²) in [5, 5.41) is 6.95. The number of nitrogens with one attached hydrogen (secondary N) is 2. The van der Waals surface area contributed by atoms with Crippen LogP contribution in [0.2, 0.25) is 5.28 Å². The summed E-state index contributed by atoms with van der Waals surface area (Å²) in [5.41, 5.74) is 0.757. The molecule has 0 spiro atoms. The van der Waals surface area contributed by atoms with Gasteiger partial charge in [-0.1, -0.05) is 12.1 Å². The van der Waals surface area contributed by atoms with Crippen molar-refractivity contribution in [3.63, 3.8) is 0 Å². The molecule has 0 atom stereocenters. The molecule has 0 aliphatic heterocycles. The van der Waals surface area contributed by atoms with Crippen LogP contribution in [0.4, 0.5) is 5.82 Å². The van der Waals surface area contributed by atoms with Crippen LogP contribution in [-0.4, -0.2) is 28.5 Å². The summed E-state index contributed by atoms with van der Waals surface area (Å²) in [5.74, 6) is 0.558. The summed E-state index contributed by atoms with van der Waals surface area (Å²) in [7, 11) is 0. The number of hydrogen-bond acceptors (Lipinski definition) is 4. The third-order valence-electron chi connectivity index (χ3n) is 2.93. The Morgan fingerprint density at radius 3 is 2.89 bits per heavy atom. The Kier molecular flexibility index (Phi) is 3.21. The Bertz CT molecular complexity index is 627. The summed E-state index contributed by atoms with van der Waals surface area (Å²) in [6.07, 6.45) is 2.15. The minimum Gasteiger partial charge on any atom is -0.360 e. The fourth-order valence-electron chi connectivity index (χ4n) is 1.85. The normalized spacial score (nSPS) is 14.4. The van der Waals surface area contributed by atoms with Gasteiger partial charge in [-0.05, 0) is 36.6 Å². The van der Waals surface area contributed by atoms with Gasteiger partial charge >= 0.3 is 0 Å². The first-order chi connectivity index (χ1) is 9.22. The largest absolute Gasteiger partial charge is 0.360 e. The molecule has 2 N–H and O–H groups in total. The number of benzene rings is 1. The van der Waals surface area contributed by atoms with Gasteiger partial charge in [0.1, 0.15) is 5.82 Å². The van der Waals surface area contributed by atoms with Gasteiger partial charge in [0, 0.05) is 11.4 Å². The number of fused-ring (bicyclic) bond motifs is 1. The van der Waals surface area contributed by atoms with E-state index in [1.165, 1.54) is 0 Å². The number of halogens is 1. The monoisotopic (exact) mass is 276 g/mol. The van der Waals surface area contributed by atoms with Crippen LogP contribution >= 0.6 is 11.6 Å². The number of para-hydroxylation sites is 1. The van der Waals surface area contributed by atoms with Gasteiger partial charge in [0.15, 0.2) is 0 Å². The van der Waals surface area contributed by atoms with Crippen molar-refractivity contribution in [2.45, 2.75) is 18.9 Å². The van der Waals surface area contributed by atoms with Gasteiger partial charge < -0.3 is 10.6 Å². The zero-order valence-corrected chi connectivity index (χ0v) is 10.9. The smallest absolute Gasteiger partial charge is 0.239 e. The van der Waals surface area contributed by atoms with E-state index in [1.54, 1.807) is 0 Å². The molecular formula is C13H13ClN4O. The van der Waals surface area contributed by atoms with E-state index in [4.69, 9.17) is 11.6 Å². The lowest BCUT2D eigenvalue weighted by atomic mass is 10.2. The van der Waals surface area contributed by atoms with Crippen LogP contribution in [0.3, 0.4) is 0 Å². The van der Waals surface area contributed by atoms with E-state index in [-0.39, 0.29) is 17.7 Å². The predicted molar refractivity (Wildman–Crippen MR) is 74.2 cm³/mol. The van der Waals surface area contributed by atoms with Crippen molar-refractivity contribution in [3.8, 4) is 0 Å². The zero-order valence-electron chi connectivity index (χ0n) is 10.2. The molecule has 1 fully saturated rings. The summed E-state index contributed by atoms with van der Waals surface area (Å²) in [6, 6.07) is 7.90. The molecule has 6 heteroatoms. The molecule has 0 radical (unpaired) electrons. The Morgan fingerprint density at radius 2 is 2.11 bits per heavy atom. The van der Waals surface area contributed by atoms with Crippen LogP contribution < -0.4 is 10.6 Å².